The molecule has 0 aromatic heterocycles. The molecule has 1 amide bonds. The number of unbranched alkanes of at least 4 members (excludes halogenated alkanes) is 1. The van der Waals surface area contributed by atoms with Crippen LogP contribution in [-0.2, 0) is 9.59 Å². The maximum absolute atomic E-state index is 12.3. The van der Waals surface area contributed by atoms with Crippen LogP contribution in [0.4, 0.5) is 0 Å². The molecule has 1 heterocycles. The maximum atomic E-state index is 12.3. The van der Waals surface area contributed by atoms with Crippen LogP contribution in [0.5, 0.6) is 0 Å². The van der Waals surface area contributed by atoms with E-state index < -0.39 is 5.97 Å². The van der Waals surface area contributed by atoms with E-state index in [0.717, 1.165) is 25.7 Å². The molecule has 0 aromatic carbocycles. The molecule has 1 fully saturated rings. The molecular formula is C14H25NO3. The summed E-state index contributed by atoms with van der Waals surface area (Å²) in [5.74, 6) is -0.619. The monoisotopic (exact) mass is 255 g/mol. The van der Waals surface area contributed by atoms with Gasteiger partial charge in [0.15, 0.2) is 0 Å². The van der Waals surface area contributed by atoms with Gasteiger partial charge in [0, 0.05) is 19.0 Å². The highest BCUT2D eigenvalue weighted by Gasteiger charge is 2.29. The van der Waals surface area contributed by atoms with E-state index in [9.17, 15) is 9.59 Å². The van der Waals surface area contributed by atoms with Crippen LogP contribution in [-0.4, -0.2) is 35.0 Å². The first-order valence-corrected chi connectivity index (χ1v) is 7.11. The number of carboxylic acids is 1. The molecule has 1 atom stereocenters. The lowest BCUT2D eigenvalue weighted by atomic mass is 9.93. The van der Waals surface area contributed by atoms with E-state index in [1.807, 2.05) is 4.90 Å². The lowest BCUT2D eigenvalue weighted by molar-refractivity contribution is -0.146. The summed E-state index contributed by atoms with van der Waals surface area (Å²) >= 11 is 0. The van der Waals surface area contributed by atoms with Crippen molar-refractivity contribution in [1.29, 1.82) is 0 Å². The second-order valence-electron chi connectivity index (χ2n) is 5.19. The second-order valence-corrected chi connectivity index (χ2v) is 5.19. The van der Waals surface area contributed by atoms with E-state index in [2.05, 4.69) is 13.8 Å². The molecule has 0 aliphatic carbocycles. The molecule has 4 heteroatoms. The number of aliphatic carboxylic acids is 1. The molecule has 104 valence electrons. The summed E-state index contributed by atoms with van der Waals surface area (Å²) < 4.78 is 0. The maximum Gasteiger partial charge on any atom is 0.306 e. The van der Waals surface area contributed by atoms with Crippen molar-refractivity contribution in [3.05, 3.63) is 0 Å². The Bertz CT molecular complexity index is 283. The average Bonchev–Trinajstić information content (AvgIpc) is 2.39. The van der Waals surface area contributed by atoms with Gasteiger partial charge >= 0.3 is 5.97 Å². The number of piperidine rings is 1. The van der Waals surface area contributed by atoms with Crippen molar-refractivity contribution in [3.63, 3.8) is 0 Å². The SMILES string of the molecule is CCCCC(CC)C(=O)N1CCC(C(=O)O)CC1. The van der Waals surface area contributed by atoms with Gasteiger partial charge in [0.25, 0.3) is 0 Å². The van der Waals surface area contributed by atoms with Gasteiger partial charge < -0.3 is 10.0 Å². The normalized spacial score (nSPS) is 18.7. The van der Waals surface area contributed by atoms with E-state index in [-0.39, 0.29) is 17.7 Å². The Morgan fingerprint density at radius 1 is 1.28 bits per heavy atom. The van der Waals surface area contributed by atoms with Gasteiger partial charge in [-0.05, 0) is 25.7 Å². The fourth-order valence-corrected chi connectivity index (χ4v) is 2.56. The Morgan fingerprint density at radius 2 is 1.89 bits per heavy atom. The molecule has 0 radical (unpaired) electrons. The molecule has 1 rings (SSSR count). The van der Waals surface area contributed by atoms with E-state index in [1.165, 1.54) is 0 Å². The standard InChI is InChI=1S/C14H25NO3/c1-3-5-6-11(4-2)13(16)15-9-7-12(8-10-15)14(17)18/h11-12H,3-10H2,1-2H3,(H,17,18). The van der Waals surface area contributed by atoms with Crippen molar-refractivity contribution < 1.29 is 14.7 Å². The number of amides is 1. The summed E-state index contributed by atoms with van der Waals surface area (Å²) in [4.78, 5) is 25.0. The van der Waals surface area contributed by atoms with Crippen LogP contribution in [0, 0.1) is 11.8 Å². The smallest absolute Gasteiger partial charge is 0.306 e. The summed E-state index contributed by atoms with van der Waals surface area (Å²) in [6.45, 7) is 5.41. The zero-order chi connectivity index (χ0) is 13.5. The zero-order valence-corrected chi connectivity index (χ0v) is 11.5. The Kier molecular flexibility index (Phi) is 6.16. The van der Waals surface area contributed by atoms with Gasteiger partial charge in [0.1, 0.15) is 0 Å². The molecule has 4 nitrogen and oxygen atoms in total. The molecule has 1 aliphatic heterocycles. The van der Waals surface area contributed by atoms with Crippen molar-refractivity contribution in [1.82, 2.24) is 4.90 Å². The lowest BCUT2D eigenvalue weighted by Gasteiger charge is -2.32. The molecule has 1 aliphatic rings. The van der Waals surface area contributed by atoms with Gasteiger partial charge in [-0.2, -0.15) is 0 Å². The Hall–Kier alpha value is -1.06. The molecular weight excluding hydrogens is 230 g/mol. The number of likely N-dealkylation sites (tertiary alicyclic amines) is 1. The predicted molar refractivity (Wildman–Crippen MR) is 70.2 cm³/mol. The van der Waals surface area contributed by atoms with Crippen LogP contribution in [0.15, 0.2) is 0 Å². The summed E-state index contributed by atoms with van der Waals surface area (Å²) in [6, 6.07) is 0. The molecule has 1 unspecified atom stereocenters. The van der Waals surface area contributed by atoms with Crippen molar-refractivity contribution >= 4 is 11.9 Å². The van der Waals surface area contributed by atoms with Gasteiger partial charge in [-0.1, -0.05) is 26.7 Å². The van der Waals surface area contributed by atoms with Crippen molar-refractivity contribution in [3.8, 4) is 0 Å². The number of carbonyl (C=O) groups is 2. The van der Waals surface area contributed by atoms with Gasteiger partial charge in [-0.15, -0.1) is 0 Å². The highest BCUT2D eigenvalue weighted by atomic mass is 16.4. The zero-order valence-electron chi connectivity index (χ0n) is 11.5. The molecule has 0 spiro atoms. The minimum absolute atomic E-state index is 0.131. The van der Waals surface area contributed by atoms with Gasteiger partial charge in [-0.25, -0.2) is 0 Å². The molecule has 1 N–H and O–H groups in total. The van der Waals surface area contributed by atoms with Crippen molar-refractivity contribution in [2.45, 2.75) is 52.4 Å². The number of hydrogen-bond donors (Lipinski definition) is 1. The number of nitrogens with zero attached hydrogens (tertiary/aromatic N) is 1. The summed E-state index contributed by atoms with van der Waals surface area (Å²) in [6.07, 6.45) is 5.26. The van der Waals surface area contributed by atoms with Crippen LogP contribution in [0.1, 0.15) is 52.4 Å². The molecule has 1 saturated heterocycles. The van der Waals surface area contributed by atoms with Crippen LogP contribution < -0.4 is 0 Å². The molecule has 18 heavy (non-hydrogen) atoms. The van der Waals surface area contributed by atoms with Crippen LogP contribution in [0.3, 0.4) is 0 Å². The quantitative estimate of drug-likeness (QED) is 0.793. The van der Waals surface area contributed by atoms with Crippen LogP contribution >= 0.6 is 0 Å². The van der Waals surface area contributed by atoms with Gasteiger partial charge in [0.05, 0.1) is 5.92 Å². The van der Waals surface area contributed by atoms with Crippen molar-refractivity contribution in [2.75, 3.05) is 13.1 Å². The molecule has 0 aromatic rings. The number of hydrogen-bond acceptors (Lipinski definition) is 2. The first kappa shape index (κ1) is 15.0. The Morgan fingerprint density at radius 3 is 2.33 bits per heavy atom. The Balaban J connectivity index is 2.45. The third kappa shape index (κ3) is 4.00. The van der Waals surface area contributed by atoms with Crippen LogP contribution in [0.2, 0.25) is 0 Å². The number of carboxylic acid groups (broad SMARTS) is 1. The molecule has 0 bridgehead atoms. The predicted octanol–water partition coefficient (Wildman–Crippen LogP) is 2.53. The van der Waals surface area contributed by atoms with Gasteiger partial charge in [-0.3, -0.25) is 9.59 Å². The fourth-order valence-electron chi connectivity index (χ4n) is 2.56. The average molecular weight is 255 g/mol. The van der Waals surface area contributed by atoms with E-state index in [1.54, 1.807) is 0 Å². The molecule has 0 saturated carbocycles. The minimum atomic E-state index is -0.722. The largest absolute Gasteiger partial charge is 0.481 e. The lowest BCUT2D eigenvalue weighted by Crippen LogP contribution is -2.43. The summed E-state index contributed by atoms with van der Waals surface area (Å²) in [5.41, 5.74) is 0. The Labute approximate surface area is 109 Å². The highest BCUT2D eigenvalue weighted by Crippen LogP contribution is 2.22. The number of carbonyl (C=O) groups excluding carboxylic acids is 1. The third-order valence-electron chi connectivity index (χ3n) is 3.90. The summed E-state index contributed by atoms with van der Waals surface area (Å²) in [7, 11) is 0. The van der Waals surface area contributed by atoms with E-state index >= 15 is 0 Å². The topological polar surface area (TPSA) is 57.6 Å². The van der Waals surface area contributed by atoms with Crippen molar-refractivity contribution in [2.24, 2.45) is 11.8 Å². The van der Waals surface area contributed by atoms with E-state index in [0.29, 0.717) is 25.9 Å². The summed E-state index contributed by atoms with van der Waals surface area (Å²) in [5, 5.41) is 8.93. The fraction of sp³-hybridized carbons (Fsp3) is 0.857. The number of rotatable bonds is 6. The van der Waals surface area contributed by atoms with E-state index in [4.69, 9.17) is 5.11 Å². The van der Waals surface area contributed by atoms with Crippen LogP contribution in [0.25, 0.3) is 0 Å². The third-order valence-corrected chi connectivity index (χ3v) is 3.90. The van der Waals surface area contributed by atoms with Gasteiger partial charge in [0.2, 0.25) is 5.91 Å². The minimum Gasteiger partial charge on any atom is -0.481 e. The first-order chi connectivity index (χ1) is 8.60. The second kappa shape index (κ2) is 7.39. The highest BCUT2D eigenvalue weighted by molar-refractivity contribution is 5.79. The first-order valence-electron chi connectivity index (χ1n) is 7.11.